The van der Waals surface area contributed by atoms with Crippen LogP contribution in [0.3, 0.4) is 0 Å². The Balaban J connectivity index is 0.00000324. The van der Waals surface area contributed by atoms with E-state index in [1.807, 2.05) is 12.1 Å². The van der Waals surface area contributed by atoms with Crippen molar-refractivity contribution in [3.05, 3.63) is 29.8 Å². The molecule has 1 N–H and O–H groups in total. The van der Waals surface area contributed by atoms with Crippen LogP contribution < -0.4 is 5.32 Å². The molecule has 0 aromatic heterocycles. The molecule has 1 aromatic rings. The Morgan fingerprint density at radius 1 is 1.44 bits per heavy atom. The first-order valence-corrected chi connectivity index (χ1v) is 6.25. The van der Waals surface area contributed by atoms with Crippen LogP contribution in [0.15, 0.2) is 24.3 Å². The maximum Gasteiger partial charge on any atom is 0.325 e. The molecule has 1 unspecified atom stereocenters. The SMILES string of the molecule is COC(=O)CNc1cccc(C(C)C(C)(C)C)c1.[HH]. The number of methoxy groups -OCH3 is 1. The van der Waals surface area contributed by atoms with Crippen LogP contribution in [0.25, 0.3) is 0 Å². The zero-order valence-electron chi connectivity index (χ0n) is 11.9. The molecule has 0 heterocycles. The van der Waals surface area contributed by atoms with Gasteiger partial charge in [0, 0.05) is 7.11 Å². The second-order valence-corrected chi connectivity index (χ2v) is 5.64. The van der Waals surface area contributed by atoms with Gasteiger partial charge in [0.15, 0.2) is 0 Å². The van der Waals surface area contributed by atoms with Crippen LogP contribution in [0.1, 0.15) is 40.6 Å². The lowest BCUT2D eigenvalue weighted by molar-refractivity contribution is -0.138. The molecule has 18 heavy (non-hydrogen) atoms. The molecule has 0 aliphatic rings. The van der Waals surface area contributed by atoms with Crippen molar-refractivity contribution in [2.24, 2.45) is 5.41 Å². The summed E-state index contributed by atoms with van der Waals surface area (Å²) < 4.78 is 4.60. The first-order valence-electron chi connectivity index (χ1n) is 6.25. The molecule has 1 rings (SSSR count). The fourth-order valence-corrected chi connectivity index (χ4v) is 1.66. The number of carbonyl (C=O) groups is 1. The van der Waals surface area contributed by atoms with Crippen LogP contribution >= 0.6 is 0 Å². The third kappa shape index (κ3) is 4.06. The van der Waals surface area contributed by atoms with E-state index < -0.39 is 0 Å². The zero-order chi connectivity index (χ0) is 13.8. The van der Waals surface area contributed by atoms with Gasteiger partial charge in [-0.2, -0.15) is 0 Å². The van der Waals surface area contributed by atoms with Gasteiger partial charge in [0.2, 0.25) is 0 Å². The number of nitrogens with one attached hydrogen (secondary N) is 1. The lowest BCUT2D eigenvalue weighted by atomic mass is 9.78. The van der Waals surface area contributed by atoms with E-state index in [0.717, 1.165) is 5.69 Å². The molecule has 0 amide bonds. The van der Waals surface area contributed by atoms with E-state index >= 15 is 0 Å². The van der Waals surface area contributed by atoms with E-state index in [4.69, 9.17) is 0 Å². The highest BCUT2D eigenvalue weighted by molar-refractivity contribution is 5.74. The summed E-state index contributed by atoms with van der Waals surface area (Å²) in [6, 6.07) is 8.19. The fourth-order valence-electron chi connectivity index (χ4n) is 1.66. The van der Waals surface area contributed by atoms with Crippen molar-refractivity contribution in [1.82, 2.24) is 0 Å². The van der Waals surface area contributed by atoms with Gasteiger partial charge in [0.1, 0.15) is 6.54 Å². The summed E-state index contributed by atoms with van der Waals surface area (Å²) in [6.07, 6.45) is 0. The molecular weight excluding hydrogens is 226 g/mol. The van der Waals surface area contributed by atoms with Crippen LogP contribution in [0.2, 0.25) is 0 Å². The molecule has 0 fully saturated rings. The molecule has 0 saturated carbocycles. The molecule has 102 valence electrons. The minimum Gasteiger partial charge on any atom is -0.468 e. The maximum absolute atomic E-state index is 11.1. The minimum atomic E-state index is -0.260. The Morgan fingerprint density at radius 2 is 2.11 bits per heavy atom. The highest BCUT2D eigenvalue weighted by Crippen LogP contribution is 2.35. The van der Waals surface area contributed by atoms with Crippen LogP contribution in [0.4, 0.5) is 5.69 Å². The van der Waals surface area contributed by atoms with Crippen LogP contribution in [0.5, 0.6) is 0 Å². The number of hydrogen-bond acceptors (Lipinski definition) is 3. The number of esters is 1. The average Bonchev–Trinajstić information content (AvgIpc) is 2.34. The molecule has 3 nitrogen and oxygen atoms in total. The largest absolute Gasteiger partial charge is 0.468 e. The van der Waals surface area contributed by atoms with E-state index in [1.54, 1.807) is 0 Å². The molecular formula is C15H25NO2. The number of ether oxygens (including phenoxy) is 1. The molecule has 0 saturated heterocycles. The smallest absolute Gasteiger partial charge is 0.325 e. The first-order chi connectivity index (χ1) is 8.34. The Labute approximate surface area is 111 Å². The van der Waals surface area contributed by atoms with Gasteiger partial charge >= 0.3 is 5.97 Å². The van der Waals surface area contributed by atoms with Gasteiger partial charge in [-0.25, -0.2) is 0 Å². The van der Waals surface area contributed by atoms with Crippen molar-refractivity contribution in [3.63, 3.8) is 0 Å². The molecule has 0 aliphatic heterocycles. The highest BCUT2D eigenvalue weighted by atomic mass is 16.5. The minimum absolute atomic E-state index is 0. The zero-order valence-corrected chi connectivity index (χ0v) is 11.9. The van der Waals surface area contributed by atoms with Gasteiger partial charge in [-0.1, -0.05) is 39.8 Å². The second-order valence-electron chi connectivity index (χ2n) is 5.64. The molecule has 0 aliphatic carbocycles. The highest BCUT2D eigenvalue weighted by Gasteiger charge is 2.21. The van der Waals surface area contributed by atoms with Crippen molar-refractivity contribution in [2.75, 3.05) is 19.0 Å². The number of rotatable bonds is 4. The Kier molecular flexibility index (Phi) is 4.76. The molecule has 0 bridgehead atoms. The molecule has 0 radical (unpaired) electrons. The first kappa shape index (κ1) is 14.6. The van der Waals surface area contributed by atoms with Crippen molar-refractivity contribution in [2.45, 2.75) is 33.6 Å². The van der Waals surface area contributed by atoms with Crippen molar-refractivity contribution in [1.29, 1.82) is 0 Å². The maximum atomic E-state index is 11.1. The topological polar surface area (TPSA) is 38.3 Å². The van der Waals surface area contributed by atoms with Gasteiger partial charge in [-0.05, 0) is 29.0 Å². The van der Waals surface area contributed by atoms with Crippen LogP contribution in [0, 0.1) is 5.41 Å². The fraction of sp³-hybridized carbons (Fsp3) is 0.533. The standard InChI is InChI=1S/C15H23NO2.H2/c1-11(15(2,3)4)12-7-6-8-13(9-12)16-10-14(17)18-5;/h6-9,11,16H,10H2,1-5H3;1H. The van der Waals surface area contributed by atoms with Crippen LogP contribution in [-0.2, 0) is 9.53 Å². The third-order valence-corrected chi connectivity index (χ3v) is 3.35. The van der Waals surface area contributed by atoms with E-state index in [9.17, 15) is 4.79 Å². The second kappa shape index (κ2) is 5.89. The lowest BCUT2D eigenvalue weighted by Gasteiger charge is -2.28. The molecule has 0 spiro atoms. The van der Waals surface area contributed by atoms with Gasteiger partial charge in [-0.15, -0.1) is 0 Å². The predicted molar refractivity (Wildman–Crippen MR) is 76.9 cm³/mol. The van der Waals surface area contributed by atoms with Crippen molar-refractivity contribution >= 4 is 11.7 Å². The average molecular weight is 251 g/mol. The molecule has 1 aromatic carbocycles. The third-order valence-electron chi connectivity index (χ3n) is 3.35. The van der Waals surface area contributed by atoms with E-state index in [2.05, 4.69) is 49.9 Å². The van der Waals surface area contributed by atoms with Gasteiger partial charge < -0.3 is 10.1 Å². The predicted octanol–water partition coefficient (Wildman–Crippen LogP) is 3.67. The summed E-state index contributed by atoms with van der Waals surface area (Å²) in [7, 11) is 1.39. The number of carbonyl (C=O) groups excluding carboxylic acids is 1. The molecule has 3 heteroatoms. The Bertz CT molecular complexity index is 413. The summed E-state index contributed by atoms with van der Waals surface area (Å²) in [5.74, 6) is 0.196. The van der Waals surface area contributed by atoms with Gasteiger partial charge in [0.05, 0.1) is 7.11 Å². The number of benzene rings is 1. The number of anilines is 1. The van der Waals surface area contributed by atoms with E-state index in [-0.39, 0.29) is 19.4 Å². The van der Waals surface area contributed by atoms with Gasteiger partial charge in [-0.3, -0.25) is 4.79 Å². The molecule has 1 atom stereocenters. The van der Waals surface area contributed by atoms with E-state index in [1.165, 1.54) is 12.7 Å². The normalized spacial score (nSPS) is 12.9. The lowest BCUT2D eigenvalue weighted by Crippen LogP contribution is -2.17. The Morgan fingerprint density at radius 3 is 2.67 bits per heavy atom. The van der Waals surface area contributed by atoms with E-state index in [0.29, 0.717) is 5.92 Å². The van der Waals surface area contributed by atoms with Crippen molar-refractivity contribution in [3.8, 4) is 0 Å². The number of hydrogen-bond donors (Lipinski definition) is 1. The summed E-state index contributed by atoms with van der Waals surface area (Å²) in [4.78, 5) is 11.1. The summed E-state index contributed by atoms with van der Waals surface area (Å²) in [6.45, 7) is 9.11. The quantitative estimate of drug-likeness (QED) is 0.830. The summed E-state index contributed by atoms with van der Waals surface area (Å²) >= 11 is 0. The summed E-state index contributed by atoms with van der Waals surface area (Å²) in [5, 5.41) is 3.07. The monoisotopic (exact) mass is 251 g/mol. The summed E-state index contributed by atoms with van der Waals surface area (Å²) in [5.41, 5.74) is 2.45. The van der Waals surface area contributed by atoms with Crippen molar-refractivity contribution < 1.29 is 11.0 Å². The van der Waals surface area contributed by atoms with Gasteiger partial charge in [0.25, 0.3) is 0 Å². The Hall–Kier alpha value is -1.51. The van der Waals surface area contributed by atoms with Crippen LogP contribution in [-0.4, -0.2) is 19.6 Å².